The van der Waals surface area contributed by atoms with Crippen LogP contribution in [0.3, 0.4) is 0 Å². The number of para-hydroxylation sites is 1. The zero-order valence-electron chi connectivity index (χ0n) is 19.5. The van der Waals surface area contributed by atoms with Crippen LogP contribution in [0.2, 0.25) is 5.02 Å². The molecule has 0 radical (unpaired) electrons. The summed E-state index contributed by atoms with van der Waals surface area (Å²) in [4.78, 5) is 43.8. The van der Waals surface area contributed by atoms with Crippen molar-refractivity contribution >= 4 is 46.0 Å². The lowest BCUT2D eigenvalue weighted by atomic mass is 9.62. The molecule has 5 heteroatoms. The minimum Gasteiger partial charge on any atom is -0.298 e. The van der Waals surface area contributed by atoms with Crippen LogP contribution in [0.5, 0.6) is 0 Å². The molecule has 2 bridgehead atoms. The van der Waals surface area contributed by atoms with Crippen LogP contribution in [-0.2, 0) is 14.4 Å². The molecule has 0 spiro atoms. The number of allylic oxidation sites excluding steroid dienone is 2. The largest absolute Gasteiger partial charge is 0.298 e. The van der Waals surface area contributed by atoms with E-state index in [2.05, 4.69) is 0 Å². The first kappa shape index (κ1) is 22.0. The van der Waals surface area contributed by atoms with Crippen molar-refractivity contribution in [2.24, 2.45) is 22.7 Å². The van der Waals surface area contributed by atoms with Gasteiger partial charge in [0.25, 0.3) is 0 Å². The molecule has 3 aliphatic rings. The maximum atomic E-state index is 14.4. The molecule has 2 aliphatic carbocycles. The zero-order valence-corrected chi connectivity index (χ0v) is 20.3. The van der Waals surface area contributed by atoms with Crippen LogP contribution in [0.1, 0.15) is 31.4 Å². The fraction of sp³-hybridized carbons (Fsp3) is 0.233. The number of hydrogen-bond acceptors (Lipinski definition) is 3. The highest BCUT2D eigenvalue weighted by molar-refractivity contribution is 6.38. The highest BCUT2D eigenvalue weighted by Crippen LogP contribution is 2.74. The van der Waals surface area contributed by atoms with Crippen LogP contribution >= 0.6 is 11.6 Å². The Balaban J connectivity index is 1.66. The number of hydrogen-bond donors (Lipinski definition) is 0. The highest BCUT2D eigenvalue weighted by atomic mass is 35.5. The molecular formula is C30H24ClNO3. The van der Waals surface area contributed by atoms with Crippen LogP contribution in [0.15, 0.2) is 84.9 Å². The number of imide groups is 1. The number of fused-ring (bicyclic) bond motifs is 5. The van der Waals surface area contributed by atoms with Gasteiger partial charge in [0.05, 0.1) is 33.4 Å². The minimum absolute atomic E-state index is 0.0271. The van der Waals surface area contributed by atoms with Crippen molar-refractivity contribution in [2.45, 2.75) is 20.3 Å². The lowest BCUT2D eigenvalue weighted by Crippen LogP contribution is -2.41. The van der Waals surface area contributed by atoms with Crippen molar-refractivity contribution < 1.29 is 14.4 Å². The Morgan fingerprint density at radius 2 is 1.26 bits per heavy atom. The summed E-state index contributed by atoms with van der Waals surface area (Å²) < 4.78 is 0. The van der Waals surface area contributed by atoms with Gasteiger partial charge in [-0.15, -0.1) is 0 Å². The molecule has 3 aromatic rings. The van der Waals surface area contributed by atoms with E-state index >= 15 is 0 Å². The van der Waals surface area contributed by atoms with E-state index in [0.29, 0.717) is 17.1 Å². The molecule has 3 aromatic carbocycles. The first-order chi connectivity index (χ1) is 16.9. The fourth-order valence-electron chi connectivity index (χ4n) is 7.00. The predicted molar refractivity (Wildman–Crippen MR) is 136 cm³/mol. The molecule has 2 fully saturated rings. The maximum absolute atomic E-state index is 14.4. The Morgan fingerprint density at radius 3 is 1.83 bits per heavy atom. The third-order valence-electron chi connectivity index (χ3n) is 8.33. The summed E-state index contributed by atoms with van der Waals surface area (Å²) in [6, 6.07) is 26.5. The van der Waals surface area contributed by atoms with E-state index in [1.807, 2.05) is 74.5 Å². The number of amides is 2. The van der Waals surface area contributed by atoms with Gasteiger partial charge in [0, 0.05) is 0 Å². The van der Waals surface area contributed by atoms with E-state index < -0.39 is 22.7 Å². The monoisotopic (exact) mass is 481 g/mol. The quantitative estimate of drug-likeness (QED) is 0.426. The molecule has 0 aromatic heterocycles. The molecule has 174 valence electrons. The Morgan fingerprint density at radius 1 is 0.743 bits per heavy atom. The van der Waals surface area contributed by atoms with Gasteiger partial charge in [-0.25, -0.2) is 4.90 Å². The Hall–Kier alpha value is -3.50. The Kier molecular flexibility index (Phi) is 4.71. The molecule has 6 rings (SSSR count). The predicted octanol–water partition coefficient (Wildman–Crippen LogP) is 6.06. The van der Waals surface area contributed by atoms with Crippen molar-refractivity contribution in [3.05, 3.63) is 101 Å². The number of carbonyl (C=O) groups is 3. The Bertz CT molecular complexity index is 1430. The van der Waals surface area contributed by atoms with Crippen LogP contribution < -0.4 is 4.90 Å². The summed E-state index contributed by atoms with van der Waals surface area (Å²) >= 11 is 6.44. The molecule has 1 heterocycles. The van der Waals surface area contributed by atoms with Gasteiger partial charge in [-0.1, -0.05) is 91.3 Å². The molecule has 1 saturated heterocycles. The molecular weight excluding hydrogens is 458 g/mol. The molecule has 1 aliphatic heterocycles. The molecule has 4 nitrogen and oxygen atoms in total. The van der Waals surface area contributed by atoms with Crippen molar-refractivity contribution in [3.8, 4) is 0 Å². The summed E-state index contributed by atoms with van der Waals surface area (Å²) in [5.41, 5.74) is 1.72. The molecule has 35 heavy (non-hydrogen) atoms. The molecule has 2 amide bonds. The Labute approximate surface area is 209 Å². The number of benzene rings is 3. The average Bonchev–Trinajstić information content (AvgIpc) is 3.35. The van der Waals surface area contributed by atoms with Crippen LogP contribution in [0.25, 0.3) is 11.1 Å². The second-order valence-corrected chi connectivity index (χ2v) is 10.2. The van der Waals surface area contributed by atoms with Gasteiger partial charge in [0.1, 0.15) is 0 Å². The van der Waals surface area contributed by atoms with Crippen molar-refractivity contribution in [3.63, 3.8) is 0 Å². The number of rotatable bonds is 4. The van der Waals surface area contributed by atoms with Crippen molar-refractivity contribution in [2.75, 3.05) is 4.90 Å². The van der Waals surface area contributed by atoms with Crippen LogP contribution in [0, 0.1) is 22.7 Å². The minimum atomic E-state index is -1.13. The lowest BCUT2D eigenvalue weighted by molar-refractivity contribution is -0.134. The van der Waals surface area contributed by atoms with Crippen molar-refractivity contribution in [1.29, 1.82) is 0 Å². The lowest BCUT2D eigenvalue weighted by Gasteiger charge is -2.37. The summed E-state index contributed by atoms with van der Waals surface area (Å²) in [6.45, 7) is 3.82. The summed E-state index contributed by atoms with van der Waals surface area (Å²) in [7, 11) is 0. The SMILES string of the molecule is CC[C@]12C(=O)[C@@](C)(C(c3ccccc3)=C1c1ccccc1)[C@@H]1C(=O)N(c3ccccc3Cl)C(=O)[C@H]12. The van der Waals surface area contributed by atoms with Crippen molar-refractivity contribution in [1.82, 2.24) is 0 Å². The zero-order chi connectivity index (χ0) is 24.5. The first-order valence-electron chi connectivity index (χ1n) is 11.9. The van der Waals surface area contributed by atoms with Gasteiger partial charge in [-0.05, 0) is 47.8 Å². The number of ketones is 1. The number of carbonyl (C=O) groups excluding carboxylic acids is 3. The second kappa shape index (κ2) is 7.50. The standard InChI is InChI=1S/C30H24ClNO3/c1-3-30-23(19-14-8-5-9-15-19)22(18-12-6-4-7-13-18)29(2,28(30)35)24-25(30)27(34)32(26(24)33)21-17-11-10-16-20(21)31/h4-17,24-25H,3H2,1-2H3/t24-,25-,29-,30-/m0/s1. The number of Topliss-reactive ketones (excluding diaryl/α,β-unsaturated/α-hetero) is 1. The van der Waals surface area contributed by atoms with E-state index in [4.69, 9.17) is 11.6 Å². The topological polar surface area (TPSA) is 54.5 Å². The summed E-state index contributed by atoms with van der Waals surface area (Å²) in [5, 5.41) is 0.336. The van der Waals surface area contributed by atoms with E-state index in [9.17, 15) is 14.4 Å². The number of nitrogens with zero attached hydrogens (tertiary/aromatic N) is 1. The van der Waals surface area contributed by atoms with Gasteiger partial charge >= 0.3 is 0 Å². The van der Waals surface area contributed by atoms with Gasteiger partial charge < -0.3 is 0 Å². The third kappa shape index (κ3) is 2.55. The van der Waals surface area contributed by atoms with E-state index in [-0.39, 0.29) is 17.6 Å². The molecule has 1 saturated carbocycles. The van der Waals surface area contributed by atoms with E-state index in [0.717, 1.165) is 22.3 Å². The van der Waals surface area contributed by atoms with Gasteiger partial charge in [-0.3, -0.25) is 14.4 Å². The maximum Gasteiger partial charge on any atom is 0.239 e. The highest BCUT2D eigenvalue weighted by Gasteiger charge is 2.79. The van der Waals surface area contributed by atoms with Crippen LogP contribution in [-0.4, -0.2) is 17.6 Å². The van der Waals surface area contributed by atoms with Gasteiger partial charge in [-0.2, -0.15) is 0 Å². The normalized spacial score (nSPS) is 29.3. The molecule has 0 unspecified atom stereocenters. The van der Waals surface area contributed by atoms with Crippen LogP contribution in [0.4, 0.5) is 5.69 Å². The number of anilines is 1. The second-order valence-electron chi connectivity index (χ2n) is 9.76. The summed E-state index contributed by atoms with van der Waals surface area (Å²) in [6.07, 6.45) is 0.429. The van der Waals surface area contributed by atoms with E-state index in [1.165, 1.54) is 4.90 Å². The van der Waals surface area contributed by atoms with Gasteiger partial charge in [0.2, 0.25) is 11.8 Å². The summed E-state index contributed by atoms with van der Waals surface area (Å²) in [5.74, 6) is -2.26. The molecule has 0 N–H and O–H groups in total. The third-order valence-corrected chi connectivity index (χ3v) is 8.65. The average molecular weight is 482 g/mol. The molecule has 4 atom stereocenters. The smallest absolute Gasteiger partial charge is 0.239 e. The first-order valence-corrected chi connectivity index (χ1v) is 12.3. The fourth-order valence-corrected chi connectivity index (χ4v) is 7.22. The number of halogens is 1. The van der Waals surface area contributed by atoms with E-state index in [1.54, 1.807) is 24.3 Å². The van der Waals surface area contributed by atoms with Gasteiger partial charge in [0.15, 0.2) is 5.78 Å².